The lowest BCUT2D eigenvalue weighted by molar-refractivity contribution is -0.158. The normalized spacial score (nSPS) is 11.8. The van der Waals surface area contributed by atoms with Gasteiger partial charge >= 0.3 is 5.97 Å². The number of rotatable bonds is 7. The second-order valence-corrected chi connectivity index (χ2v) is 3.88. The Hall–Kier alpha value is -0.900. The quantitative estimate of drug-likeness (QED) is 0.660. The lowest BCUT2D eigenvalue weighted by Crippen LogP contribution is -2.41. The molecule has 15 heavy (non-hydrogen) atoms. The summed E-state index contributed by atoms with van der Waals surface area (Å²) < 4.78 is 5.15. The van der Waals surface area contributed by atoms with Gasteiger partial charge in [-0.2, -0.15) is 0 Å². The van der Waals surface area contributed by atoms with Crippen LogP contribution in [0, 0.1) is 5.41 Å². The monoisotopic (exact) mass is 216 g/mol. The summed E-state index contributed by atoms with van der Waals surface area (Å²) in [6.07, 6.45) is 0.548. The van der Waals surface area contributed by atoms with Gasteiger partial charge in [-0.3, -0.25) is 9.59 Å². The lowest BCUT2D eigenvalue weighted by atomic mass is 9.78. The van der Waals surface area contributed by atoms with Crippen molar-refractivity contribution in [2.45, 2.75) is 46.6 Å². The van der Waals surface area contributed by atoms with Crippen LogP contribution in [0.5, 0.6) is 0 Å². The van der Waals surface area contributed by atoms with Crippen LogP contribution in [0.2, 0.25) is 0 Å². The molecule has 4 nitrogen and oxygen atoms in total. The highest BCUT2D eigenvalue weighted by atomic mass is 16.5. The van der Waals surface area contributed by atoms with Crippen LogP contribution in [-0.2, 0) is 14.3 Å². The molecular formula is C11H20O4. The Kier molecular flexibility index (Phi) is 5.50. The van der Waals surface area contributed by atoms with Crippen LogP contribution in [0.25, 0.3) is 0 Å². The zero-order valence-corrected chi connectivity index (χ0v) is 9.87. The summed E-state index contributed by atoms with van der Waals surface area (Å²) in [7, 11) is 0. The molecule has 0 aliphatic carbocycles. The summed E-state index contributed by atoms with van der Waals surface area (Å²) in [5.41, 5.74) is -1.27. The maximum Gasteiger partial charge on any atom is 0.317 e. The predicted molar refractivity (Wildman–Crippen MR) is 56.7 cm³/mol. The summed E-state index contributed by atoms with van der Waals surface area (Å²) >= 11 is 0. The number of ketones is 1. The Morgan fingerprint density at radius 2 is 1.73 bits per heavy atom. The van der Waals surface area contributed by atoms with Crippen LogP contribution in [0.1, 0.15) is 40.5 Å². The second-order valence-electron chi connectivity index (χ2n) is 3.88. The van der Waals surface area contributed by atoms with Gasteiger partial charge in [-0.25, -0.2) is 0 Å². The van der Waals surface area contributed by atoms with Gasteiger partial charge in [0.2, 0.25) is 0 Å². The zero-order valence-electron chi connectivity index (χ0n) is 9.87. The average Bonchev–Trinajstić information content (AvgIpc) is 2.17. The third-order valence-corrected chi connectivity index (χ3v) is 2.70. The van der Waals surface area contributed by atoms with E-state index < -0.39 is 11.4 Å². The van der Waals surface area contributed by atoms with Crippen molar-refractivity contribution >= 4 is 11.8 Å². The minimum Gasteiger partial charge on any atom is -0.480 e. The molecule has 0 heterocycles. The average molecular weight is 216 g/mol. The number of carbonyl (C=O) groups excluding carboxylic acids is 1. The number of aliphatic carboxylic acids is 1. The first kappa shape index (κ1) is 14.1. The molecule has 0 radical (unpaired) electrons. The molecule has 0 unspecified atom stereocenters. The number of carboxylic acids is 1. The summed E-state index contributed by atoms with van der Waals surface area (Å²) in [6, 6.07) is 0. The van der Waals surface area contributed by atoms with Crippen LogP contribution >= 0.6 is 0 Å². The third-order valence-electron chi connectivity index (χ3n) is 2.70. The summed E-state index contributed by atoms with van der Waals surface area (Å²) in [4.78, 5) is 22.9. The Balaban J connectivity index is 4.63. The molecule has 0 rings (SSSR count). The molecule has 0 aromatic carbocycles. The Bertz CT molecular complexity index is 229. The van der Waals surface area contributed by atoms with E-state index in [9.17, 15) is 9.59 Å². The first-order valence-corrected chi connectivity index (χ1v) is 5.29. The largest absolute Gasteiger partial charge is 0.480 e. The fraction of sp³-hybridized carbons (Fsp3) is 0.818. The van der Waals surface area contributed by atoms with Gasteiger partial charge < -0.3 is 9.84 Å². The van der Waals surface area contributed by atoms with Gasteiger partial charge in [-0.05, 0) is 26.7 Å². The molecule has 0 spiro atoms. The van der Waals surface area contributed by atoms with Crippen molar-refractivity contribution in [1.82, 2.24) is 0 Å². The van der Waals surface area contributed by atoms with Crippen molar-refractivity contribution in [3.8, 4) is 0 Å². The topological polar surface area (TPSA) is 63.6 Å². The predicted octanol–water partition coefficient (Wildman–Crippen LogP) is 1.87. The van der Waals surface area contributed by atoms with E-state index in [1.165, 1.54) is 0 Å². The fourth-order valence-electron chi connectivity index (χ4n) is 1.45. The first-order chi connectivity index (χ1) is 6.90. The molecule has 0 aromatic rings. The number of ether oxygens (including phenoxy) is 1. The lowest BCUT2D eigenvalue weighted by Gasteiger charge is -2.25. The number of Topliss-reactive ketones (excluding diaryl/α,β-unsaturated/α-hetero) is 1. The van der Waals surface area contributed by atoms with E-state index in [2.05, 4.69) is 0 Å². The van der Waals surface area contributed by atoms with Gasteiger partial charge in [0, 0.05) is 0 Å². The molecule has 0 aliphatic heterocycles. The van der Waals surface area contributed by atoms with Crippen LogP contribution < -0.4 is 0 Å². The zero-order chi connectivity index (χ0) is 12.1. The SMILES string of the molecule is CCC(CC)(C(=O)O)C(=O)COC(C)C. The van der Waals surface area contributed by atoms with E-state index >= 15 is 0 Å². The van der Waals surface area contributed by atoms with Crippen LogP contribution in [0.3, 0.4) is 0 Å². The molecule has 0 bridgehead atoms. The van der Waals surface area contributed by atoms with E-state index in [1.54, 1.807) is 13.8 Å². The molecule has 0 fully saturated rings. The molecule has 88 valence electrons. The molecule has 0 saturated carbocycles. The maximum atomic E-state index is 11.8. The fourth-order valence-corrected chi connectivity index (χ4v) is 1.45. The molecule has 0 amide bonds. The summed E-state index contributed by atoms with van der Waals surface area (Å²) in [5, 5.41) is 9.08. The van der Waals surface area contributed by atoms with Gasteiger partial charge in [0.15, 0.2) is 5.78 Å². The van der Waals surface area contributed by atoms with E-state index in [1.807, 2.05) is 13.8 Å². The Morgan fingerprint density at radius 3 is 2.00 bits per heavy atom. The molecule has 0 aromatic heterocycles. The van der Waals surface area contributed by atoms with E-state index in [0.29, 0.717) is 12.8 Å². The molecule has 4 heteroatoms. The third kappa shape index (κ3) is 3.30. The van der Waals surface area contributed by atoms with Gasteiger partial charge in [-0.15, -0.1) is 0 Å². The van der Waals surface area contributed by atoms with Gasteiger partial charge in [-0.1, -0.05) is 13.8 Å². The van der Waals surface area contributed by atoms with Crippen molar-refractivity contribution in [2.24, 2.45) is 5.41 Å². The first-order valence-electron chi connectivity index (χ1n) is 5.29. The van der Waals surface area contributed by atoms with Crippen LogP contribution in [0.4, 0.5) is 0 Å². The Morgan fingerprint density at radius 1 is 1.27 bits per heavy atom. The van der Waals surface area contributed by atoms with Gasteiger partial charge in [0.25, 0.3) is 0 Å². The number of hydrogen-bond acceptors (Lipinski definition) is 3. The highest BCUT2D eigenvalue weighted by Crippen LogP contribution is 2.28. The number of hydrogen-bond donors (Lipinski definition) is 1. The van der Waals surface area contributed by atoms with E-state index in [4.69, 9.17) is 9.84 Å². The van der Waals surface area contributed by atoms with Crippen molar-refractivity contribution in [2.75, 3.05) is 6.61 Å². The molecule has 0 atom stereocenters. The van der Waals surface area contributed by atoms with Crippen molar-refractivity contribution in [1.29, 1.82) is 0 Å². The standard InChI is InChI=1S/C11H20O4/c1-5-11(6-2,10(13)14)9(12)7-15-8(3)4/h8H,5-7H2,1-4H3,(H,13,14). The smallest absolute Gasteiger partial charge is 0.317 e. The highest BCUT2D eigenvalue weighted by Gasteiger charge is 2.42. The van der Waals surface area contributed by atoms with Gasteiger partial charge in [0.05, 0.1) is 6.10 Å². The van der Waals surface area contributed by atoms with Crippen LogP contribution in [0.15, 0.2) is 0 Å². The van der Waals surface area contributed by atoms with E-state index in [0.717, 1.165) is 0 Å². The molecule has 0 saturated heterocycles. The van der Waals surface area contributed by atoms with Gasteiger partial charge in [0.1, 0.15) is 12.0 Å². The molecule has 1 N–H and O–H groups in total. The molecule has 0 aliphatic rings. The van der Waals surface area contributed by atoms with Crippen molar-refractivity contribution in [3.05, 3.63) is 0 Å². The van der Waals surface area contributed by atoms with E-state index in [-0.39, 0.29) is 18.5 Å². The van der Waals surface area contributed by atoms with Crippen molar-refractivity contribution in [3.63, 3.8) is 0 Å². The number of carbonyl (C=O) groups is 2. The summed E-state index contributed by atoms with van der Waals surface area (Å²) in [6.45, 7) is 6.93. The summed E-state index contributed by atoms with van der Waals surface area (Å²) in [5.74, 6) is -1.39. The minimum atomic E-state index is -1.27. The minimum absolute atomic E-state index is 0.0610. The van der Waals surface area contributed by atoms with Crippen molar-refractivity contribution < 1.29 is 19.4 Å². The highest BCUT2D eigenvalue weighted by molar-refractivity contribution is 6.03. The second kappa shape index (κ2) is 5.85. The number of carboxylic acid groups (broad SMARTS) is 1. The Labute approximate surface area is 90.6 Å². The maximum absolute atomic E-state index is 11.8. The molecular weight excluding hydrogens is 196 g/mol. The van der Waals surface area contributed by atoms with Crippen LogP contribution in [-0.4, -0.2) is 29.6 Å².